The van der Waals surface area contributed by atoms with Gasteiger partial charge >= 0.3 is 6.18 Å². The lowest BCUT2D eigenvalue weighted by Gasteiger charge is -2.44. The summed E-state index contributed by atoms with van der Waals surface area (Å²) >= 11 is 0. The Morgan fingerprint density at radius 2 is 1.54 bits per heavy atom. The van der Waals surface area contributed by atoms with Crippen LogP contribution >= 0.6 is 0 Å². The number of benzene rings is 2. The Hall–Kier alpha value is -2.14. The molecule has 0 saturated heterocycles. The first kappa shape index (κ1) is 31.4. The molecule has 16 heteroatoms. The van der Waals surface area contributed by atoms with E-state index in [1.165, 1.54) is 0 Å². The number of hydrogen-bond donors (Lipinski definition) is 0. The molecule has 218 valence electrons. The summed E-state index contributed by atoms with van der Waals surface area (Å²) in [6, 6.07) is 4.62. The van der Waals surface area contributed by atoms with Crippen LogP contribution in [0.1, 0.15) is 36.8 Å². The summed E-state index contributed by atoms with van der Waals surface area (Å²) in [6.45, 7) is -0.505. The molecular formula is C23H25F5O8S3. The molecule has 2 aromatic carbocycles. The van der Waals surface area contributed by atoms with Crippen LogP contribution in [-0.2, 0) is 49.4 Å². The van der Waals surface area contributed by atoms with Crippen LogP contribution in [0.5, 0.6) is 0 Å². The van der Waals surface area contributed by atoms with Crippen molar-refractivity contribution in [2.24, 2.45) is 5.92 Å². The van der Waals surface area contributed by atoms with Crippen molar-refractivity contribution in [1.29, 1.82) is 0 Å². The summed E-state index contributed by atoms with van der Waals surface area (Å²) < 4.78 is 151. The second kappa shape index (κ2) is 11.0. The SMILES string of the molecule is CS(=O)(=O)OCC[C@H]1C[C@@](c2cc(F)ccc2F)(S(=O)(=O)c2ccc(C(F)(F)F)cc2)CC[C@@H]1OS(C)(=O)=O. The van der Waals surface area contributed by atoms with E-state index in [0.717, 1.165) is 18.6 Å². The van der Waals surface area contributed by atoms with Crippen molar-refractivity contribution < 1.29 is 55.6 Å². The van der Waals surface area contributed by atoms with Crippen LogP contribution in [0.25, 0.3) is 0 Å². The van der Waals surface area contributed by atoms with Gasteiger partial charge in [-0.15, -0.1) is 0 Å². The van der Waals surface area contributed by atoms with E-state index in [0.29, 0.717) is 36.4 Å². The zero-order chi connectivity index (χ0) is 29.4. The number of hydrogen-bond acceptors (Lipinski definition) is 8. The summed E-state index contributed by atoms with van der Waals surface area (Å²) in [4.78, 5) is -0.604. The van der Waals surface area contributed by atoms with E-state index in [2.05, 4.69) is 0 Å². The lowest BCUT2D eigenvalue weighted by Crippen LogP contribution is -2.47. The molecule has 1 fully saturated rings. The van der Waals surface area contributed by atoms with E-state index in [1.54, 1.807) is 0 Å². The topological polar surface area (TPSA) is 121 Å². The molecular weight excluding hydrogens is 595 g/mol. The molecule has 1 saturated carbocycles. The maximum atomic E-state index is 15.2. The molecule has 39 heavy (non-hydrogen) atoms. The summed E-state index contributed by atoms with van der Waals surface area (Å²) in [5, 5.41) is 0. The van der Waals surface area contributed by atoms with Crippen molar-refractivity contribution in [3.05, 3.63) is 65.2 Å². The van der Waals surface area contributed by atoms with Gasteiger partial charge in [-0.1, -0.05) is 0 Å². The maximum Gasteiger partial charge on any atom is 0.416 e. The van der Waals surface area contributed by atoms with Gasteiger partial charge in [-0.3, -0.25) is 8.37 Å². The predicted octanol–water partition coefficient (Wildman–Crippen LogP) is 4.16. The molecule has 3 atom stereocenters. The first-order chi connectivity index (χ1) is 17.8. The summed E-state index contributed by atoms with van der Waals surface area (Å²) in [5.41, 5.74) is -1.73. The Kier molecular flexibility index (Phi) is 8.88. The average molecular weight is 621 g/mol. The Morgan fingerprint density at radius 1 is 0.923 bits per heavy atom. The minimum absolute atomic E-state index is 0.255. The summed E-state index contributed by atoms with van der Waals surface area (Å²) in [7, 11) is -12.8. The van der Waals surface area contributed by atoms with Gasteiger partial charge in [0.2, 0.25) is 0 Å². The van der Waals surface area contributed by atoms with Gasteiger partial charge in [-0.05, 0) is 74.1 Å². The van der Waals surface area contributed by atoms with Gasteiger partial charge in [-0.2, -0.15) is 30.0 Å². The highest BCUT2D eigenvalue weighted by Crippen LogP contribution is 2.51. The number of halogens is 5. The molecule has 8 nitrogen and oxygen atoms in total. The largest absolute Gasteiger partial charge is 0.416 e. The van der Waals surface area contributed by atoms with Gasteiger partial charge < -0.3 is 0 Å². The number of rotatable bonds is 9. The van der Waals surface area contributed by atoms with Crippen molar-refractivity contribution in [1.82, 2.24) is 0 Å². The number of alkyl halides is 3. The zero-order valence-electron chi connectivity index (χ0n) is 20.6. The monoisotopic (exact) mass is 620 g/mol. The standard InChI is InChI=1S/C23H25F5O8S3/c1-37(29,30)35-12-10-15-14-22(11-9-21(15)36-38(2,31)32,19-13-17(24)5-8-20(19)25)39(33,34)18-6-3-16(4-7-18)23(26,27)28/h3-8,13,15,21H,9-12,14H2,1-2H3/t15-,21-,22-/m0/s1. The maximum absolute atomic E-state index is 15.2. The molecule has 0 heterocycles. The summed E-state index contributed by atoms with van der Waals surface area (Å²) in [5.74, 6) is -3.16. The van der Waals surface area contributed by atoms with Crippen molar-refractivity contribution in [3.63, 3.8) is 0 Å². The van der Waals surface area contributed by atoms with Gasteiger partial charge in [0.15, 0.2) is 9.84 Å². The fourth-order valence-corrected chi connectivity index (χ4v) is 8.10. The van der Waals surface area contributed by atoms with E-state index >= 15 is 4.39 Å². The highest BCUT2D eigenvalue weighted by Gasteiger charge is 2.53. The fourth-order valence-electron chi connectivity index (χ4n) is 4.79. The van der Waals surface area contributed by atoms with Crippen molar-refractivity contribution in [3.8, 4) is 0 Å². The molecule has 0 N–H and O–H groups in total. The third-order valence-electron chi connectivity index (χ3n) is 6.46. The minimum Gasteiger partial charge on any atom is -0.270 e. The minimum atomic E-state index is -4.77. The van der Waals surface area contributed by atoms with E-state index < -0.39 is 100 Å². The first-order valence-corrected chi connectivity index (χ1v) is 16.5. The zero-order valence-corrected chi connectivity index (χ0v) is 23.1. The molecule has 0 bridgehead atoms. The second-order valence-electron chi connectivity index (χ2n) is 9.30. The highest BCUT2D eigenvalue weighted by atomic mass is 32.2. The van der Waals surface area contributed by atoms with Crippen LogP contribution in [0.3, 0.4) is 0 Å². The van der Waals surface area contributed by atoms with Crippen LogP contribution in [0.4, 0.5) is 22.0 Å². The van der Waals surface area contributed by atoms with Crippen molar-refractivity contribution in [2.45, 2.75) is 47.6 Å². The Labute approximate surface area is 223 Å². The Morgan fingerprint density at radius 3 is 2.08 bits per heavy atom. The van der Waals surface area contributed by atoms with Gasteiger partial charge in [0.25, 0.3) is 20.2 Å². The van der Waals surface area contributed by atoms with Crippen LogP contribution < -0.4 is 0 Å². The van der Waals surface area contributed by atoms with Gasteiger partial charge in [0.1, 0.15) is 16.4 Å². The van der Waals surface area contributed by atoms with Gasteiger partial charge in [0, 0.05) is 5.56 Å². The Balaban J connectivity index is 2.17. The van der Waals surface area contributed by atoms with E-state index in [4.69, 9.17) is 8.37 Å². The van der Waals surface area contributed by atoms with Crippen LogP contribution in [-0.4, -0.2) is 50.5 Å². The van der Waals surface area contributed by atoms with E-state index in [-0.39, 0.29) is 12.8 Å². The molecule has 1 aliphatic carbocycles. The Bertz CT molecular complexity index is 1520. The highest BCUT2D eigenvalue weighted by molar-refractivity contribution is 7.92. The predicted molar refractivity (Wildman–Crippen MR) is 129 cm³/mol. The van der Waals surface area contributed by atoms with Crippen LogP contribution in [0, 0.1) is 17.6 Å². The van der Waals surface area contributed by atoms with Crippen molar-refractivity contribution in [2.75, 3.05) is 19.1 Å². The quantitative estimate of drug-likeness (QED) is 0.303. The van der Waals surface area contributed by atoms with E-state index in [1.807, 2.05) is 0 Å². The molecule has 3 rings (SSSR count). The van der Waals surface area contributed by atoms with Crippen molar-refractivity contribution >= 4 is 30.1 Å². The van der Waals surface area contributed by atoms with Crippen LogP contribution in [0.2, 0.25) is 0 Å². The van der Waals surface area contributed by atoms with Gasteiger partial charge in [-0.25, -0.2) is 17.2 Å². The third kappa shape index (κ3) is 7.34. The second-order valence-corrected chi connectivity index (χ2v) is 14.8. The molecule has 0 unspecified atom stereocenters. The molecule has 0 aromatic heterocycles. The van der Waals surface area contributed by atoms with Crippen LogP contribution in [0.15, 0.2) is 47.4 Å². The first-order valence-electron chi connectivity index (χ1n) is 11.4. The molecule has 0 amide bonds. The summed E-state index contributed by atoms with van der Waals surface area (Å²) in [6.07, 6.45) is -6.05. The smallest absolute Gasteiger partial charge is 0.270 e. The lowest BCUT2D eigenvalue weighted by molar-refractivity contribution is -0.137. The van der Waals surface area contributed by atoms with Gasteiger partial charge in [0.05, 0.1) is 35.7 Å². The number of sulfone groups is 1. The molecule has 2 aromatic rings. The molecule has 0 aliphatic heterocycles. The molecule has 0 spiro atoms. The third-order valence-corrected chi connectivity index (χ3v) is 10.2. The van der Waals surface area contributed by atoms with E-state index in [9.17, 15) is 42.8 Å². The molecule has 0 radical (unpaired) electrons. The fraction of sp³-hybridized carbons (Fsp3) is 0.478. The normalized spacial score (nSPS) is 23.1. The average Bonchev–Trinajstić information content (AvgIpc) is 2.79. The lowest BCUT2D eigenvalue weighted by atomic mass is 9.74. The molecule has 1 aliphatic rings.